The van der Waals surface area contributed by atoms with Crippen LogP contribution < -0.4 is 14.4 Å². The lowest BCUT2D eigenvalue weighted by molar-refractivity contribution is 0.196. The molecule has 4 heteroatoms. The Morgan fingerprint density at radius 2 is 2.00 bits per heavy atom. The highest BCUT2D eigenvalue weighted by Gasteiger charge is 2.23. The highest BCUT2D eigenvalue weighted by Crippen LogP contribution is 2.35. The zero-order chi connectivity index (χ0) is 14.8. The van der Waals surface area contributed by atoms with Gasteiger partial charge in [-0.25, -0.2) is 0 Å². The fourth-order valence-electron chi connectivity index (χ4n) is 2.66. The summed E-state index contributed by atoms with van der Waals surface area (Å²) >= 11 is 0. The fraction of sp³-hybridized carbons (Fsp3) is 0.294. The Hall–Kier alpha value is -2.36. The third-order valence-electron chi connectivity index (χ3n) is 3.75. The summed E-state index contributed by atoms with van der Waals surface area (Å²) in [4.78, 5) is 2.12. The standard InChI is InChI=1S/C17H19NO3/c1-18-11-15(9-12-3-6-14(20-2)7-4-12)21-17-8-5-13(19)10-16(17)18/h3-8,10,15,19H,9,11H2,1-2H3. The molecule has 1 N–H and O–H groups in total. The molecule has 1 heterocycles. The van der Waals surface area contributed by atoms with Gasteiger partial charge < -0.3 is 19.5 Å². The minimum atomic E-state index is 0.0976. The molecule has 110 valence electrons. The Morgan fingerprint density at radius 1 is 1.24 bits per heavy atom. The molecule has 1 aliphatic heterocycles. The van der Waals surface area contributed by atoms with Crippen LogP contribution in [0.2, 0.25) is 0 Å². The van der Waals surface area contributed by atoms with Crippen molar-refractivity contribution in [2.75, 3.05) is 25.6 Å². The molecule has 1 aliphatic rings. The third kappa shape index (κ3) is 2.89. The molecule has 0 aliphatic carbocycles. The van der Waals surface area contributed by atoms with E-state index in [0.717, 1.165) is 30.2 Å². The van der Waals surface area contributed by atoms with Crippen LogP contribution >= 0.6 is 0 Å². The molecule has 0 spiro atoms. The van der Waals surface area contributed by atoms with Gasteiger partial charge in [0.25, 0.3) is 0 Å². The molecule has 0 fully saturated rings. The van der Waals surface area contributed by atoms with E-state index in [2.05, 4.69) is 17.0 Å². The molecule has 1 atom stereocenters. The molecule has 2 aromatic carbocycles. The van der Waals surface area contributed by atoms with E-state index >= 15 is 0 Å². The van der Waals surface area contributed by atoms with Crippen LogP contribution in [-0.2, 0) is 6.42 Å². The van der Waals surface area contributed by atoms with Gasteiger partial charge in [-0.15, -0.1) is 0 Å². The van der Waals surface area contributed by atoms with Gasteiger partial charge in [0, 0.05) is 19.5 Å². The van der Waals surface area contributed by atoms with Gasteiger partial charge >= 0.3 is 0 Å². The SMILES string of the molecule is COc1ccc(CC2CN(C)c3cc(O)ccc3O2)cc1. The lowest BCUT2D eigenvalue weighted by atomic mass is 10.1. The van der Waals surface area contributed by atoms with Gasteiger partial charge in [-0.05, 0) is 29.8 Å². The van der Waals surface area contributed by atoms with Crippen molar-refractivity contribution in [2.24, 2.45) is 0 Å². The van der Waals surface area contributed by atoms with Crippen molar-refractivity contribution in [3.8, 4) is 17.2 Å². The van der Waals surface area contributed by atoms with Crippen molar-refractivity contribution < 1.29 is 14.6 Å². The van der Waals surface area contributed by atoms with E-state index in [1.54, 1.807) is 19.2 Å². The molecule has 2 aromatic rings. The van der Waals surface area contributed by atoms with Crippen LogP contribution in [0.5, 0.6) is 17.2 Å². The number of likely N-dealkylation sites (N-methyl/N-ethyl adjacent to an activating group) is 1. The predicted octanol–water partition coefficient (Wildman–Crippen LogP) is 2.84. The number of fused-ring (bicyclic) bond motifs is 1. The van der Waals surface area contributed by atoms with E-state index in [9.17, 15) is 5.11 Å². The van der Waals surface area contributed by atoms with E-state index in [4.69, 9.17) is 9.47 Å². The maximum Gasteiger partial charge on any atom is 0.143 e. The molecule has 1 unspecified atom stereocenters. The topological polar surface area (TPSA) is 41.9 Å². The van der Waals surface area contributed by atoms with Gasteiger partial charge in [-0.3, -0.25) is 0 Å². The molecule has 21 heavy (non-hydrogen) atoms. The quantitative estimate of drug-likeness (QED) is 0.941. The molecule has 0 amide bonds. The number of phenols is 1. The van der Waals surface area contributed by atoms with Gasteiger partial charge in [-0.2, -0.15) is 0 Å². The van der Waals surface area contributed by atoms with Crippen molar-refractivity contribution in [3.05, 3.63) is 48.0 Å². The van der Waals surface area contributed by atoms with Crippen molar-refractivity contribution in [2.45, 2.75) is 12.5 Å². The lowest BCUT2D eigenvalue weighted by Crippen LogP contribution is -2.38. The molecule has 0 radical (unpaired) electrons. The molecular formula is C17H19NO3. The number of methoxy groups -OCH3 is 1. The van der Waals surface area contributed by atoms with Crippen LogP contribution in [0.4, 0.5) is 5.69 Å². The van der Waals surface area contributed by atoms with Crippen LogP contribution in [0, 0.1) is 0 Å². The van der Waals surface area contributed by atoms with E-state index in [1.807, 2.05) is 25.2 Å². The van der Waals surface area contributed by atoms with Crippen molar-refractivity contribution in [1.82, 2.24) is 0 Å². The second kappa shape index (κ2) is 5.56. The first-order valence-corrected chi connectivity index (χ1v) is 6.99. The average molecular weight is 285 g/mol. The second-order valence-corrected chi connectivity index (χ2v) is 5.32. The summed E-state index contributed by atoms with van der Waals surface area (Å²) in [6.07, 6.45) is 0.940. The highest BCUT2D eigenvalue weighted by atomic mass is 16.5. The minimum Gasteiger partial charge on any atom is -0.508 e. The summed E-state index contributed by atoms with van der Waals surface area (Å²) in [5.41, 5.74) is 2.15. The first-order chi connectivity index (χ1) is 10.2. The molecule has 0 saturated carbocycles. The molecule has 4 nitrogen and oxygen atoms in total. The molecule has 0 aromatic heterocycles. The van der Waals surface area contributed by atoms with E-state index in [-0.39, 0.29) is 11.9 Å². The lowest BCUT2D eigenvalue weighted by Gasteiger charge is -2.34. The zero-order valence-electron chi connectivity index (χ0n) is 12.2. The van der Waals surface area contributed by atoms with Crippen molar-refractivity contribution in [3.63, 3.8) is 0 Å². The van der Waals surface area contributed by atoms with Crippen molar-refractivity contribution in [1.29, 1.82) is 0 Å². The Labute approximate surface area is 124 Å². The van der Waals surface area contributed by atoms with E-state index in [0.29, 0.717) is 0 Å². The molecule has 3 rings (SSSR count). The van der Waals surface area contributed by atoms with Gasteiger partial charge in [0.05, 0.1) is 19.3 Å². The number of rotatable bonds is 3. The first kappa shape index (κ1) is 13.6. The maximum atomic E-state index is 9.56. The Morgan fingerprint density at radius 3 is 2.71 bits per heavy atom. The smallest absolute Gasteiger partial charge is 0.143 e. The minimum absolute atomic E-state index is 0.0976. The molecule has 0 saturated heterocycles. The van der Waals surface area contributed by atoms with E-state index in [1.165, 1.54) is 5.56 Å². The van der Waals surface area contributed by atoms with Gasteiger partial charge in [0.1, 0.15) is 23.4 Å². The van der Waals surface area contributed by atoms with Crippen LogP contribution in [0.3, 0.4) is 0 Å². The Bertz CT molecular complexity index is 624. The number of nitrogens with zero attached hydrogens (tertiary/aromatic N) is 1. The largest absolute Gasteiger partial charge is 0.508 e. The van der Waals surface area contributed by atoms with E-state index < -0.39 is 0 Å². The number of anilines is 1. The zero-order valence-corrected chi connectivity index (χ0v) is 12.2. The fourth-order valence-corrected chi connectivity index (χ4v) is 2.66. The Kier molecular flexibility index (Phi) is 3.60. The number of hydrogen-bond donors (Lipinski definition) is 1. The Balaban J connectivity index is 1.74. The number of phenolic OH excluding ortho intramolecular Hbond substituents is 1. The third-order valence-corrected chi connectivity index (χ3v) is 3.75. The molecule has 0 bridgehead atoms. The summed E-state index contributed by atoms with van der Waals surface area (Å²) in [5, 5.41) is 9.56. The van der Waals surface area contributed by atoms with Crippen LogP contribution in [0.15, 0.2) is 42.5 Å². The van der Waals surface area contributed by atoms with Crippen LogP contribution in [0.1, 0.15) is 5.56 Å². The second-order valence-electron chi connectivity index (χ2n) is 5.32. The van der Waals surface area contributed by atoms with Crippen LogP contribution in [0.25, 0.3) is 0 Å². The monoisotopic (exact) mass is 285 g/mol. The number of ether oxygens (including phenoxy) is 2. The van der Waals surface area contributed by atoms with Gasteiger partial charge in [0.15, 0.2) is 0 Å². The normalized spacial score (nSPS) is 17.0. The summed E-state index contributed by atoms with van der Waals surface area (Å²) in [7, 11) is 3.68. The van der Waals surface area contributed by atoms with Gasteiger partial charge in [-0.1, -0.05) is 12.1 Å². The predicted molar refractivity (Wildman–Crippen MR) is 82.5 cm³/mol. The summed E-state index contributed by atoms with van der Waals surface area (Å²) in [6.45, 7) is 0.794. The number of benzene rings is 2. The van der Waals surface area contributed by atoms with Crippen LogP contribution in [-0.4, -0.2) is 31.9 Å². The maximum absolute atomic E-state index is 9.56. The summed E-state index contributed by atoms with van der Waals surface area (Å²) in [6, 6.07) is 13.3. The summed E-state index contributed by atoms with van der Waals surface area (Å²) in [5.74, 6) is 1.94. The number of aromatic hydroxyl groups is 1. The number of hydrogen-bond acceptors (Lipinski definition) is 4. The molecular weight excluding hydrogens is 266 g/mol. The highest BCUT2D eigenvalue weighted by molar-refractivity contribution is 5.62. The van der Waals surface area contributed by atoms with Gasteiger partial charge in [0.2, 0.25) is 0 Å². The first-order valence-electron chi connectivity index (χ1n) is 6.99. The van der Waals surface area contributed by atoms with Crippen molar-refractivity contribution >= 4 is 5.69 Å². The summed E-state index contributed by atoms with van der Waals surface area (Å²) < 4.78 is 11.2. The average Bonchev–Trinajstić information content (AvgIpc) is 2.49.